The van der Waals surface area contributed by atoms with E-state index in [1.54, 1.807) is 12.1 Å². The van der Waals surface area contributed by atoms with Crippen LogP contribution in [0.2, 0.25) is 0 Å². The molecule has 1 aliphatic carbocycles. The van der Waals surface area contributed by atoms with E-state index >= 15 is 0 Å². The van der Waals surface area contributed by atoms with Gasteiger partial charge in [0.15, 0.2) is 0 Å². The fourth-order valence-electron chi connectivity index (χ4n) is 3.97. The van der Waals surface area contributed by atoms with Crippen LogP contribution in [-0.2, 0) is 0 Å². The predicted molar refractivity (Wildman–Crippen MR) is 99.2 cm³/mol. The molecule has 0 bridgehead atoms. The van der Waals surface area contributed by atoms with Crippen molar-refractivity contribution in [2.45, 2.75) is 25.7 Å². The molecular formula is C22H23NO3. The van der Waals surface area contributed by atoms with E-state index in [1.807, 2.05) is 42.5 Å². The van der Waals surface area contributed by atoms with Gasteiger partial charge in [0.05, 0.1) is 17.7 Å². The van der Waals surface area contributed by atoms with Gasteiger partial charge in [-0.3, -0.25) is 14.5 Å². The molecule has 1 aliphatic heterocycles. The lowest BCUT2D eigenvalue weighted by Gasteiger charge is -2.30. The van der Waals surface area contributed by atoms with Crippen LogP contribution in [0.1, 0.15) is 46.4 Å². The second-order valence-electron chi connectivity index (χ2n) is 7.28. The van der Waals surface area contributed by atoms with Gasteiger partial charge < -0.3 is 4.74 Å². The number of benzene rings is 2. The molecule has 0 atom stereocenters. The van der Waals surface area contributed by atoms with Crippen molar-refractivity contribution in [1.82, 2.24) is 4.90 Å². The number of hydrogen-bond donors (Lipinski definition) is 0. The second-order valence-corrected chi connectivity index (χ2v) is 7.28. The molecule has 0 unspecified atom stereocenters. The van der Waals surface area contributed by atoms with Crippen LogP contribution in [-0.4, -0.2) is 29.9 Å². The molecule has 4 rings (SSSR count). The molecule has 2 aromatic carbocycles. The number of hydrogen-bond acceptors (Lipinski definition) is 3. The summed E-state index contributed by atoms with van der Waals surface area (Å²) in [5.74, 6) is 1.58. The number of nitrogens with zero attached hydrogens (tertiary/aromatic N) is 1. The Bertz CT molecular complexity index is 759. The maximum Gasteiger partial charge on any atom is 0.261 e. The minimum Gasteiger partial charge on any atom is -0.493 e. The summed E-state index contributed by atoms with van der Waals surface area (Å²) in [6, 6.07) is 17.0. The molecule has 4 nitrogen and oxygen atoms in total. The molecule has 1 saturated carbocycles. The number of imide groups is 1. The minimum absolute atomic E-state index is 0.139. The van der Waals surface area contributed by atoms with Gasteiger partial charge in [-0.15, -0.1) is 0 Å². The summed E-state index contributed by atoms with van der Waals surface area (Å²) in [5.41, 5.74) is 1.09. The Balaban J connectivity index is 1.28. The zero-order valence-electron chi connectivity index (χ0n) is 14.8. The van der Waals surface area contributed by atoms with Crippen LogP contribution in [0.5, 0.6) is 5.75 Å². The smallest absolute Gasteiger partial charge is 0.261 e. The molecule has 0 radical (unpaired) electrons. The fourth-order valence-corrected chi connectivity index (χ4v) is 3.97. The van der Waals surface area contributed by atoms with E-state index < -0.39 is 0 Å². The fraction of sp³-hybridized carbons (Fsp3) is 0.364. The molecule has 0 spiro atoms. The van der Waals surface area contributed by atoms with Crippen LogP contribution in [0.3, 0.4) is 0 Å². The second kappa shape index (κ2) is 7.32. The highest BCUT2D eigenvalue weighted by Gasteiger charge is 2.37. The maximum absolute atomic E-state index is 12.5. The van der Waals surface area contributed by atoms with Gasteiger partial charge in [-0.2, -0.15) is 0 Å². The molecule has 2 amide bonds. The number of carbonyl (C=O) groups excluding carboxylic acids is 2. The van der Waals surface area contributed by atoms with Crippen molar-refractivity contribution < 1.29 is 14.3 Å². The topological polar surface area (TPSA) is 46.6 Å². The molecule has 26 heavy (non-hydrogen) atoms. The van der Waals surface area contributed by atoms with Crippen LogP contribution in [0, 0.1) is 11.8 Å². The highest BCUT2D eigenvalue weighted by molar-refractivity contribution is 6.21. The summed E-state index contributed by atoms with van der Waals surface area (Å²) in [7, 11) is 0. The van der Waals surface area contributed by atoms with E-state index in [4.69, 9.17) is 4.74 Å². The Hall–Kier alpha value is -2.62. The van der Waals surface area contributed by atoms with Gasteiger partial charge in [0.25, 0.3) is 11.8 Å². The van der Waals surface area contributed by atoms with Crippen LogP contribution in [0.15, 0.2) is 54.6 Å². The Morgan fingerprint density at radius 3 is 1.92 bits per heavy atom. The van der Waals surface area contributed by atoms with E-state index in [2.05, 4.69) is 0 Å². The number of fused-ring (bicyclic) bond motifs is 1. The normalized spacial score (nSPS) is 22.4. The van der Waals surface area contributed by atoms with Gasteiger partial charge in [0.2, 0.25) is 0 Å². The van der Waals surface area contributed by atoms with Crippen LogP contribution >= 0.6 is 0 Å². The van der Waals surface area contributed by atoms with Crippen molar-refractivity contribution in [1.29, 1.82) is 0 Å². The molecule has 2 aliphatic rings. The third kappa shape index (κ3) is 3.36. The number of amides is 2. The van der Waals surface area contributed by atoms with Gasteiger partial charge in [-0.25, -0.2) is 0 Å². The van der Waals surface area contributed by atoms with E-state index in [-0.39, 0.29) is 11.8 Å². The average Bonchev–Trinajstić information content (AvgIpc) is 2.93. The molecule has 0 N–H and O–H groups in total. The van der Waals surface area contributed by atoms with Crippen molar-refractivity contribution in [2.24, 2.45) is 11.8 Å². The Kier molecular flexibility index (Phi) is 4.74. The van der Waals surface area contributed by atoms with Gasteiger partial charge in [0.1, 0.15) is 5.75 Å². The third-order valence-electron chi connectivity index (χ3n) is 5.51. The highest BCUT2D eigenvalue weighted by atomic mass is 16.5. The number of carbonyl (C=O) groups is 2. The van der Waals surface area contributed by atoms with Gasteiger partial charge in [0, 0.05) is 6.54 Å². The third-order valence-corrected chi connectivity index (χ3v) is 5.51. The SMILES string of the molecule is O=C1c2ccccc2C(=O)N1CC1CCC(COc2ccccc2)CC1. The number of ether oxygens (including phenoxy) is 1. The molecule has 1 fully saturated rings. The first-order valence-electron chi connectivity index (χ1n) is 9.35. The largest absolute Gasteiger partial charge is 0.493 e. The van der Waals surface area contributed by atoms with Crippen LogP contribution in [0.4, 0.5) is 0 Å². The van der Waals surface area contributed by atoms with Crippen molar-refractivity contribution in [3.05, 3.63) is 65.7 Å². The van der Waals surface area contributed by atoms with E-state index in [1.165, 1.54) is 4.90 Å². The van der Waals surface area contributed by atoms with Crippen molar-refractivity contribution in [2.75, 3.05) is 13.2 Å². The quantitative estimate of drug-likeness (QED) is 0.761. The van der Waals surface area contributed by atoms with Gasteiger partial charge >= 0.3 is 0 Å². The predicted octanol–water partition coefficient (Wildman–Crippen LogP) is 4.17. The first-order valence-corrected chi connectivity index (χ1v) is 9.35. The van der Waals surface area contributed by atoms with Gasteiger partial charge in [-0.05, 0) is 61.8 Å². The Morgan fingerprint density at radius 1 is 0.769 bits per heavy atom. The number of rotatable bonds is 5. The number of para-hydroxylation sites is 1. The minimum atomic E-state index is -0.139. The molecule has 1 heterocycles. The van der Waals surface area contributed by atoms with Crippen molar-refractivity contribution in [3.8, 4) is 5.75 Å². The first-order chi connectivity index (χ1) is 12.7. The van der Waals surface area contributed by atoms with E-state index in [0.29, 0.717) is 29.5 Å². The lowest BCUT2D eigenvalue weighted by molar-refractivity contribution is 0.0604. The standard InChI is InChI=1S/C22H23NO3/c24-21-19-8-4-5-9-20(19)22(25)23(21)14-16-10-12-17(13-11-16)15-26-18-6-2-1-3-7-18/h1-9,16-17H,10-15H2. The van der Waals surface area contributed by atoms with Gasteiger partial charge in [-0.1, -0.05) is 30.3 Å². The lowest BCUT2D eigenvalue weighted by atomic mass is 9.82. The lowest BCUT2D eigenvalue weighted by Crippen LogP contribution is -2.36. The van der Waals surface area contributed by atoms with E-state index in [9.17, 15) is 9.59 Å². The molecular weight excluding hydrogens is 326 g/mol. The van der Waals surface area contributed by atoms with E-state index in [0.717, 1.165) is 38.0 Å². The Labute approximate surface area is 153 Å². The summed E-state index contributed by atoms with van der Waals surface area (Å²) in [5, 5.41) is 0. The molecule has 2 aromatic rings. The average molecular weight is 349 g/mol. The monoisotopic (exact) mass is 349 g/mol. The Morgan fingerprint density at radius 2 is 1.31 bits per heavy atom. The summed E-state index contributed by atoms with van der Waals surface area (Å²) in [6.45, 7) is 1.28. The maximum atomic E-state index is 12.5. The summed E-state index contributed by atoms with van der Waals surface area (Å²) >= 11 is 0. The van der Waals surface area contributed by atoms with Crippen molar-refractivity contribution >= 4 is 11.8 Å². The molecule has 4 heteroatoms. The highest BCUT2D eigenvalue weighted by Crippen LogP contribution is 2.32. The zero-order chi connectivity index (χ0) is 17.9. The molecule has 0 aromatic heterocycles. The van der Waals surface area contributed by atoms with Crippen LogP contribution in [0.25, 0.3) is 0 Å². The van der Waals surface area contributed by atoms with Crippen molar-refractivity contribution in [3.63, 3.8) is 0 Å². The zero-order valence-corrected chi connectivity index (χ0v) is 14.8. The van der Waals surface area contributed by atoms with Crippen LogP contribution < -0.4 is 4.74 Å². The summed E-state index contributed by atoms with van der Waals surface area (Å²) in [6.07, 6.45) is 4.24. The molecule has 134 valence electrons. The molecule has 0 saturated heterocycles. The summed E-state index contributed by atoms with van der Waals surface area (Å²) < 4.78 is 5.87. The summed E-state index contributed by atoms with van der Waals surface area (Å²) in [4.78, 5) is 26.4. The first kappa shape index (κ1) is 16.8.